The number of carbonyl (C=O) groups excluding carboxylic acids is 2. The van der Waals surface area contributed by atoms with Gasteiger partial charge >= 0.3 is 0 Å². The minimum absolute atomic E-state index is 0.0114. The van der Waals surface area contributed by atoms with Gasteiger partial charge in [-0.25, -0.2) is 13.6 Å². The van der Waals surface area contributed by atoms with E-state index in [0.29, 0.717) is 37.4 Å². The highest BCUT2D eigenvalue weighted by atomic mass is 32.2. The van der Waals surface area contributed by atoms with Gasteiger partial charge < -0.3 is 15.2 Å². The molecule has 1 aromatic heterocycles. The molecule has 2 amide bonds. The molecular weight excluding hydrogens is 386 g/mol. The molecule has 1 fully saturated rings. The average molecular weight is 407 g/mol. The second-order valence-corrected chi connectivity index (χ2v) is 8.10. The van der Waals surface area contributed by atoms with Gasteiger partial charge in [0.2, 0.25) is 21.8 Å². The third-order valence-corrected chi connectivity index (χ3v) is 5.41. The first-order valence-electron chi connectivity index (χ1n) is 8.67. The zero-order valence-corrected chi connectivity index (χ0v) is 15.8. The van der Waals surface area contributed by atoms with E-state index in [9.17, 15) is 18.0 Å². The summed E-state index contributed by atoms with van der Waals surface area (Å²) in [5.41, 5.74) is 0.506. The van der Waals surface area contributed by atoms with Crippen molar-refractivity contribution in [2.75, 3.05) is 30.3 Å². The average Bonchev–Trinajstić information content (AvgIpc) is 3.15. The van der Waals surface area contributed by atoms with Gasteiger partial charge in [-0.2, -0.15) is 0 Å². The summed E-state index contributed by atoms with van der Waals surface area (Å²) in [6.07, 6.45) is 2.62. The number of primary sulfonamides is 1. The molecule has 2 aromatic rings. The second kappa shape index (κ2) is 8.50. The summed E-state index contributed by atoms with van der Waals surface area (Å²) in [5.74, 6) is -0.123. The fraction of sp³-hybridized carbons (Fsp3) is 0.353. The number of nitrogens with one attached hydrogen (secondary N) is 2. The monoisotopic (exact) mass is 407 g/mol. The molecule has 1 saturated heterocycles. The molecule has 0 atom stereocenters. The van der Waals surface area contributed by atoms with Crippen molar-refractivity contribution in [3.63, 3.8) is 0 Å². The van der Waals surface area contributed by atoms with Crippen LogP contribution in [0.2, 0.25) is 0 Å². The predicted octanol–water partition coefficient (Wildman–Crippen LogP) is 0.611. The van der Waals surface area contributed by atoms with Crippen molar-refractivity contribution < 1.29 is 22.5 Å². The Morgan fingerprint density at radius 3 is 2.39 bits per heavy atom. The number of likely N-dealkylation sites (tertiary alicyclic amines) is 1. The Labute approximate surface area is 162 Å². The zero-order valence-electron chi connectivity index (χ0n) is 15.0. The fourth-order valence-corrected chi connectivity index (χ4v) is 3.50. The Kier molecular flexibility index (Phi) is 6.07. The summed E-state index contributed by atoms with van der Waals surface area (Å²) < 4.78 is 27.2. The molecule has 3 rings (SSSR count). The smallest absolute Gasteiger partial charge is 0.239 e. The van der Waals surface area contributed by atoms with Crippen LogP contribution in [0.4, 0.5) is 11.5 Å². The Balaban J connectivity index is 1.45. The van der Waals surface area contributed by atoms with Gasteiger partial charge in [-0.3, -0.25) is 14.5 Å². The maximum absolute atomic E-state index is 12.4. The van der Waals surface area contributed by atoms with Crippen LogP contribution in [0.5, 0.6) is 0 Å². The van der Waals surface area contributed by atoms with E-state index in [0.717, 1.165) is 0 Å². The third kappa shape index (κ3) is 5.38. The molecule has 2 heterocycles. The number of anilines is 2. The first-order chi connectivity index (χ1) is 13.3. The first kappa shape index (κ1) is 20.0. The number of benzene rings is 1. The Bertz CT molecular complexity index is 919. The van der Waals surface area contributed by atoms with Crippen molar-refractivity contribution >= 4 is 33.3 Å². The molecule has 0 saturated carbocycles. The molecule has 0 aliphatic carbocycles. The highest BCUT2D eigenvalue weighted by Crippen LogP contribution is 2.20. The van der Waals surface area contributed by atoms with Gasteiger partial charge in [0.05, 0.1) is 11.4 Å². The number of aromatic nitrogens is 1. The highest BCUT2D eigenvalue weighted by Gasteiger charge is 2.26. The van der Waals surface area contributed by atoms with E-state index in [-0.39, 0.29) is 29.2 Å². The summed E-state index contributed by atoms with van der Waals surface area (Å²) >= 11 is 0. The molecule has 28 heavy (non-hydrogen) atoms. The van der Waals surface area contributed by atoms with E-state index >= 15 is 0 Å². The molecule has 150 valence electrons. The van der Waals surface area contributed by atoms with Crippen LogP contribution in [0, 0.1) is 5.92 Å². The van der Waals surface area contributed by atoms with E-state index in [2.05, 4.69) is 20.3 Å². The topological polar surface area (TPSA) is 148 Å². The molecule has 1 aliphatic rings. The summed E-state index contributed by atoms with van der Waals surface area (Å²) in [6.45, 7) is 1.46. The molecule has 0 spiro atoms. The SMILES string of the molecule is NS(=O)(=O)c1ccc(NC(=O)C2CCN(CC(=O)Nc3ccon3)CC2)cc1. The largest absolute Gasteiger partial charge is 0.363 e. The Hall–Kier alpha value is -2.76. The first-order valence-corrected chi connectivity index (χ1v) is 10.2. The minimum Gasteiger partial charge on any atom is -0.363 e. The van der Waals surface area contributed by atoms with Crippen LogP contribution in [-0.4, -0.2) is 49.9 Å². The van der Waals surface area contributed by atoms with Gasteiger partial charge in [-0.05, 0) is 50.2 Å². The lowest BCUT2D eigenvalue weighted by atomic mass is 9.96. The summed E-state index contributed by atoms with van der Waals surface area (Å²) in [4.78, 5) is 26.3. The van der Waals surface area contributed by atoms with Crippen molar-refractivity contribution in [2.24, 2.45) is 11.1 Å². The summed E-state index contributed by atoms with van der Waals surface area (Å²) in [7, 11) is -3.76. The molecule has 0 bridgehead atoms. The maximum atomic E-state index is 12.4. The van der Waals surface area contributed by atoms with Crippen molar-refractivity contribution in [1.29, 1.82) is 0 Å². The lowest BCUT2D eigenvalue weighted by molar-refractivity contribution is -0.121. The maximum Gasteiger partial charge on any atom is 0.239 e. The van der Waals surface area contributed by atoms with E-state index < -0.39 is 10.0 Å². The molecule has 4 N–H and O–H groups in total. The van der Waals surface area contributed by atoms with Gasteiger partial charge in [-0.1, -0.05) is 5.16 Å². The number of piperidine rings is 1. The van der Waals surface area contributed by atoms with Crippen molar-refractivity contribution in [3.8, 4) is 0 Å². The molecular formula is C17H21N5O5S. The van der Waals surface area contributed by atoms with Crippen LogP contribution < -0.4 is 15.8 Å². The molecule has 1 aromatic carbocycles. The minimum atomic E-state index is -3.76. The molecule has 10 nitrogen and oxygen atoms in total. The number of rotatable bonds is 6. The summed E-state index contributed by atoms with van der Waals surface area (Å²) in [5, 5.41) is 14.1. The lowest BCUT2D eigenvalue weighted by Gasteiger charge is -2.30. The predicted molar refractivity (Wildman–Crippen MR) is 101 cm³/mol. The quantitative estimate of drug-likeness (QED) is 0.635. The van der Waals surface area contributed by atoms with Crippen LogP contribution >= 0.6 is 0 Å². The number of hydrogen-bond donors (Lipinski definition) is 3. The normalized spacial score (nSPS) is 15.9. The van der Waals surface area contributed by atoms with Gasteiger partial charge in [0.15, 0.2) is 5.82 Å². The van der Waals surface area contributed by atoms with E-state index in [1.807, 2.05) is 4.90 Å². The Morgan fingerprint density at radius 1 is 1.14 bits per heavy atom. The van der Waals surface area contributed by atoms with Crippen molar-refractivity contribution in [2.45, 2.75) is 17.7 Å². The third-order valence-electron chi connectivity index (χ3n) is 4.48. The van der Waals surface area contributed by atoms with E-state index in [4.69, 9.17) is 5.14 Å². The van der Waals surface area contributed by atoms with Crippen LogP contribution in [0.25, 0.3) is 0 Å². The van der Waals surface area contributed by atoms with Crippen molar-refractivity contribution in [3.05, 3.63) is 36.6 Å². The van der Waals surface area contributed by atoms with Gasteiger partial charge in [-0.15, -0.1) is 0 Å². The number of hydrogen-bond acceptors (Lipinski definition) is 7. The van der Waals surface area contributed by atoms with Crippen LogP contribution in [0.1, 0.15) is 12.8 Å². The number of sulfonamides is 1. The molecule has 1 aliphatic heterocycles. The van der Waals surface area contributed by atoms with Crippen LogP contribution in [-0.2, 0) is 19.6 Å². The van der Waals surface area contributed by atoms with Crippen LogP contribution in [0.15, 0.2) is 46.0 Å². The molecule has 11 heteroatoms. The highest BCUT2D eigenvalue weighted by molar-refractivity contribution is 7.89. The molecule has 0 radical (unpaired) electrons. The number of nitrogens with two attached hydrogens (primary N) is 1. The molecule has 0 unspecified atom stereocenters. The van der Waals surface area contributed by atoms with Gasteiger partial charge in [0.1, 0.15) is 6.26 Å². The summed E-state index contributed by atoms with van der Waals surface area (Å²) in [6, 6.07) is 7.26. The second-order valence-electron chi connectivity index (χ2n) is 6.54. The van der Waals surface area contributed by atoms with Gasteiger partial charge in [0.25, 0.3) is 0 Å². The number of nitrogens with zero attached hydrogens (tertiary/aromatic N) is 2. The standard InChI is InChI=1S/C17H21N5O5S/c18-28(25,26)14-3-1-13(2-4-14)19-17(24)12-5-8-22(9-6-12)11-16(23)20-15-7-10-27-21-15/h1-4,7,10,12H,5-6,8-9,11H2,(H,19,24)(H2,18,25,26)(H,20,21,23). The number of amides is 2. The zero-order chi connectivity index (χ0) is 20.1. The number of carbonyl (C=O) groups is 2. The van der Waals surface area contributed by atoms with Gasteiger partial charge in [0, 0.05) is 17.7 Å². The lowest BCUT2D eigenvalue weighted by Crippen LogP contribution is -2.41. The van der Waals surface area contributed by atoms with E-state index in [1.165, 1.54) is 30.5 Å². The fourth-order valence-electron chi connectivity index (χ4n) is 2.99. The van der Waals surface area contributed by atoms with Crippen molar-refractivity contribution in [1.82, 2.24) is 10.1 Å². The van der Waals surface area contributed by atoms with E-state index in [1.54, 1.807) is 6.07 Å². The Morgan fingerprint density at radius 2 is 1.82 bits per heavy atom. The van der Waals surface area contributed by atoms with Crippen LogP contribution in [0.3, 0.4) is 0 Å².